The van der Waals surface area contributed by atoms with Crippen LogP contribution >= 0.6 is 22.6 Å². The van der Waals surface area contributed by atoms with Crippen LogP contribution in [-0.2, 0) is 14.3 Å². The second-order valence-electron chi connectivity index (χ2n) is 4.33. The first-order valence-electron chi connectivity index (χ1n) is 5.85. The van der Waals surface area contributed by atoms with Crippen molar-refractivity contribution in [1.82, 2.24) is 9.55 Å². The molecule has 2 N–H and O–H groups in total. The van der Waals surface area contributed by atoms with Gasteiger partial charge in [-0.15, -0.1) is 0 Å². The van der Waals surface area contributed by atoms with E-state index in [-0.39, 0.29) is 6.42 Å². The van der Waals surface area contributed by atoms with Crippen molar-refractivity contribution in [1.29, 1.82) is 0 Å². The molecule has 2 heterocycles. The van der Waals surface area contributed by atoms with Gasteiger partial charge in [0.05, 0.1) is 0 Å². The smallest absolute Gasteiger partial charge is 0.330 e. The highest BCUT2D eigenvalue weighted by molar-refractivity contribution is 14.1. The SMILES string of the molecule is CC(=O)O[C@H]1C[C@H](n2ccc(=O)[nH]c2=O)O[C@@H]1C(O)I. The van der Waals surface area contributed by atoms with Crippen molar-refractivity contribution in [3.05, 3.63) is 33.1 Å². The van der Waals surface area contributed by atoms with Crippen molar-refractivity contribution in [3.63, 3.8) is 0 Å². The molecule has 1 aromatic heterocycles. The van der Waals surface area contributed by atoms with Crippen molar-refractivity contribution >= 4 is 28.6 Å². The Balaban J connectivity index is 2.25. The molecule has 8 nitrogen and oxygen atoms in total. The van der Waals surface area contributed by atoms with Gasteiger partial charge in [0.1, 0.15) is 22.5 Å². The predicted molar refractivity (Wildman–Crippen MR) is 75.4 cm³/mol. The van der Waals surface area contributed by atoms with Gasteiger partial charge in [0.2, 0.25) is 0 Å². The zero-order valence-corrected chi connectivity index (χ0v) is 12.6. The predicted octanol–water partition coefficient (Wildman–Crippen LogP) is -0.491. The molecule has 1 aliphatic rings. The monoisotopic (exact) mass is 396 g/mol. The molecule has 20 heavy (non-hydrogen) atoms. The molecule has 0 spiro atoms. The van der Waals surface area contributed by atoms with Gasteiger partial charge in [-0.1, -0.05) is 0 Å². The molecule has 0 amide bonds. The molecule has 1 unspecified atom stereocenters. The number of aromatic amines is 1. The van der Waals surface area contributed by atoms with Gasteiger partial charge in [0.15, 0.2) is 0 Å². The summed E-state index contributed by atoms with van der Waals surface area (Å²) in [5, 5.41) is 9.64. The van der Waals surface area contributed by atoms with E-state index in [1.165, 1.54) is 23.8 Å². The number of H-pyrrole nitrogens is 1. The van der Waals surface area contributed by atoms with Crippen LogP contribution < -0.4 is 11.2 Å². The highest BCUT2D eigenvalue weighted by Crippen LogP contribution is 2.33. The Morgan fingerprint density at radius 3 is 2.90 bits per heavy atom. The quantitative estimate of drug-likeness (QED) is 0.405. The van der Waals surface area contributed by atoms with Gasteiger partial charge in [-0.3, -0.25) is 19.1 Å². The van der Waals surface area contributed by atoms with Gasteiger partial charge in [-0.05, 0) is 22.6 Å². The minimum Gasteiger partial charge on any atom is -0.459 e. The van der Waals surface area contributed by atoms with Crippen LogP contribution in [0.3, 0.4) is 0 Å². The number of carbonyl (C=O) groups is 1. The lowest BCUT2D eigenvalue weighted by molar-refractivity contribution is -0.150. The normalized spacial score (nSPS) is 27.2. The number of nitrogens with zero attached hydrogens (tertiary/aromatic N) is 1. The van der Waals surface area contributed by atoms with Crippen LogP contribution in [0.4, 0.5) is 0 Å². The second-order valence-corrected chi connectivity index (χ2v) is 5.61. The molecule has 0 radical (unpaired) electrons. The standard InChI is InChI=1S/C11H13IN2O6/c1-5(15)19-6-4-8(20-9(6)10(12)17)14-3-2-7(16)13-11(14)18/h2-3,6,8-10,17H,4H2,1H3,(H,13,16,18)/t6-,8+,9-,10?/m0/s1. The van der Waals surface area contributed by atoms with Gasteiger partial charge in [0.25, 0.3) is 5.56 Å². The Morgan fingerprint density at radius 1 is 1.65 bits per heavy atom. The van der Waals surface area contributed by atoms with E-state index < -0.39 is 39.8 Å². The summed E-state index contributed by atoms with van der Waals surface area (Å²) in [6.07, 6.45) is -0.570. The Bertz CT molecular complexity index is 609. The Kier molecular flexibility index (Phi) is 4.60. The molecule has 0 saturated carbocycles. The van der Waals surface area contributed by atoms with E-state index in [4.69, 9.17) is 9.47 Å². The van der Waals surface area contributed by atoms with Crippen LogP contribution in [0.1, 0.15) is 19.6 Å². The molecule has 1 aromatic rings. The van der Waals surface area contributed by atoms with Crippen molar-refractivity contribution in [2.75, 3.05) is 0 Å². The highest BCUT2D eigenvalue weighted by atomic mass is 127. The van der Waals surface area contributed by atoms with Gasteiger partial charge >= 0.3 is 11.7 Å². The third kappa shape index (κ3) is 3.27. The number of hydrogen-bond acceptors (Lipinski definition) is 6. The lowest BCUT2D eigenvalue weighted by atomic mass is 10.2. The van der Waals surface area contributed by atoms with Gasteiger partial charge in [-0.2, -0.15) is 0 Å². The number of hydrogen-bond donors (Lipinski definition) is 2. The topological polar surface area (TPSA) is 111 Å². The molecular weight excluding hydrogens is 383 g/mol. The summed E-state index contributed by atoms with van der Waals surface area (Å²) in [5.74, 6) is -0.491. The summed E-state index contributed by atoms with van der Waals surface area (Å²) in [4.78, 5) is 35.9. The van der Waals surface area contributed by atoms with Crippen LogP contribution in [-0.4, -0.2) is 36.9 Å². The maximum absolute atomic E-state index is 11.7. The minimum absolute atomic E-state index is 0.219. The summed E-state index contributed by atoms with van der Waals surface area (Å²) in [6.45, 7) is 1.26. The number of nitrogens with one attached hydrogen (secondary N) is 1. The molecule has 9 heteroatoms. The fraction of sp³-hybridized carbons (Fsp3) is 0.545. The van der Waals surface area contributed by atoms with Gasteiger partial charge in [0, 0.05) is 25.6 Å². The Hall–Kier alpha value is -1.20. The number of carbonyl (C=O) groups excluding carboxylic acids is 1. The zero-order chi connectivity index (χ0) is 14.9. The number of aliphatic hydroxyl groups is 1. The molecule has 1 saturated heterocycles. The fourth-order valence-corrected chi connectivity index (χ4v) is 2.69. The number of rotatable bonds is 3. The number of alkyl halides is 1. The van der Waals surface area contributed by atoms with E-state index in [1.54, 1.807) is 22.6 Å². The van der Waals surface area contributed by atoms with E-state index in [1.807, 2.05) is 0 Å². The minimum atomic E-state index is -0.889. The lowest BCUT2D eigenvalue weighted by Gasteiger charge is -2.19. The second kappa shape index (κ2) is 6.06. The zero-order valence-electron chi connectivity index (χ0n) is 10.5. The van der Waals surface area contributed by atoms with E-state index in [9.17, 15) is 19.5 Å². The van der Waals surface area contributed by atoms with Crippen LogP contribution in [0.5, 0.6) is 0 Å². The van der Waals surface area contributed by atoms with Crippen molar-refractivity contribution < 1.29 is 19.4 Å². The molecule has 1 fully saturated rings. The maximum Gasteiger partial charge on any atom is 0.330 e. The lowest BCUT2D eigenvalue weighted by Crippen LogP contribution is -2.34. The van der Waals surface area contributed by atoms with Crippen molar-refractivity contribution in [2.24, 2.45) is 0 Å². The molecule has 0 aromatic carbocycles. The van der Waals surface area contributed by atoms with Crippen LogP contribution in [0.25, 0.3) is 0 Å². The summed E-state index contributed by atoms with van der Waals surface area (Å²) < 4.78 is 10.9. The van der Waals surface area contributed by atoms with Crippen LogP contribution in [0.2, 0.25) is 0 Å². The number of halogens is 1. The summed E-state index contributed by atoms with van der Waals surface area (Å²) in [6, 6.07) is 1.19. The molecule has 0 aliphatic carbocycles. The van der Waals surface area contributed by atoms with Crippen molar-refractivity contribution in [2.45, 2.75) is 35.9 Å². The number of ether oxygens (including phenoxy) is 2. The summed E-state index contributed by atoms with van der Waals surface area (Å²) in [7, 11) is 0. The third-order valence-corrected chi connectivity index (χ3v) is 3.57. The maximum atomic E-state index is 11.7. The molecule has 110 valence electrons. The van der Waals surface area contributed by atoms with E-state index >= 15 is 0 Å². The summed E-state index contributed by atoms with van der Waals surface area (Å²) in [5.41, 5.74) is -1.13. The Labute approximate surface area is 126 Å². The van der Waals surface area contributed by atoms with E-state index in [0.29, 0.717) is 0 Å². The van der Waals surface area contributed by atoms with Gasteiger partial charge in [-0.25, -0.2) is 4.79 Å². The van der Waals surface area contributed by atoms with Crippen molar-refractivity contribution in [3.8, 4) is 0 Å². The van der Waals surface area contributed by atoms with E-state index in [2.05, 4.69) is 4.98 Å². The number of esters is 1. The van der Waals surface area contributed by atoms with Crippen LogP contribution in [0.15, 0.2) is 21.9 Å². The van der Waals surface area contributed by atoms with Gasteiger partial charge < -0.3 is 14.6 Å². The Morgan fingerprint density at radius 2 is 2.35 bits per heavy atom. The summed E-state index contributed by atoms with van der Waals surface area (Å²) >= 11 is 1.74. The molecular formula is C11H13IN2O6. The highest BCUT2D eigenvalue weighted by Gasteiger charge is 2.42. The molecule has 2 rings (SSSR count). The first kappa shape index (κ1) is 15.2. The molecule has 4 atom stereocenters. The van der Waals surface area contributed by atoms with E-state index in [0.717, 1.165) is 0 Å². The molecule has 1 aliphatic heterocycles. The number of aliphatic hydroxyl groups excluding tert-OH is 1. The average molecular weight is 396 g/mol. The largest absolute Gasteiger partial charge is 0.459 e. The first-order valence-corrected chi connectivity index (χ1v) is 7.09. The molecule has 0 bridgehead atoms. The van der Waals surface area contributed by atoms with Crippen LogP contribution in [0, 0.1) is 0 Å². The fourth-order valence-electron chi connectivity index (χ4n) is 2.06. The first-order chi connectivity index (χ1) is 9.38. The number of aromatic nitrogens is 2. The third-order valence-electron chi connectivity index (χ3n) is 2.86. The average Bonchev–Trinajstić information content (AvgIpc) is 2.71.